The van der Waals surface area contributed by atoms with Crippen molar-refractivity contribution in [1.29, 1.82) is 0 Å². The van der Waals surface area contributed by atoms with Crippen molar-refractivity contribution in [3.8, 4) is 0 Å². The third-order valence-corrected chi connectivity index (χ3v) is 5.49. The van der Waals surface area contributed by atoms with E-state index in [4.69, 9.17) is 5.73 Å². The molecule has 1 aliphatic rings. The Labute approximate surface area is 117 Å². The number of para-hydroxylation sites is 1. The zero-order valence-corrected chi connectivity index (χ0v) is 11.8. The van der Waals surface area contributed by atoms with Crippen molar-refractivity contribution >= 4 is 15.7 Å². The summed E-state index contributed by atoms with van der Waals surface area (Å²) in [4.78, 5) is 10.1. The summed E-state index contributed by atoms with van der Waals surface area (Å²) >= 11 is 0. The van der Waals surface area contributed by atoms with Crippen molar-refractivity contribution < 1.29 is 13.3 Å². The molecular formula is C12H17N3O4S. The monoisotopic (exact) mass is 299 g/mol. The molecule has 1 atom stereocenters. The van der Waals surface area contributed by atoms with E-state index < -0.39 is 20.6 Å². The van der Waals surface area contributed by atoms with Gasteiger partial charge >= 0.3 is 0 Å². The number of hydrogen-bond donors (Lipinski definition) is 1. The van der Waals surface area contributed by atoms with Gasteiger partial charge in [-0.3, -0.25) is 10.1 Å². The Morgan fingerprint density at radius 2 is 2.05 bits per heavy atom. The third-order valence-electron chi connectivity index (χ3n) is 3.49. The minimum absolute atomic E-state index is 0.222. The smallest absolute Gasteiger partial charge is 0.289 e. The Kier molecular flexibility index (Phi) is 4.36. The molecule has 1 aliphatic heterocycles. The van der Waals surface area contributed by atoms with Gasteiger partial charge in [-0.1, -0.05) is 18.6 Å². The van der Waals surface area contributed by atoms with Crippen molar-refractivity contribution in [3.63, 3.8) is 0 Å². The van der Waals surface area contributed by atoms with Crippen molar-refractivity contribution in [2.75, 3.05) is 13.1 Å². The first kappa shape index (κ1) is 14.9. The van der Waals surface area contributed by atoms with Crippen LogP contribution in [0.4, 0.5) is 5.69 Å². The average molecular weight is 299 g/mol. The van der Waals surface area contributed by atoms with Crippen LogP contribution in [0.1, 0.15) is 19.3 Å². The molecule has 110 valence electrons. The van der Waals surface area contributed by atoms with E-state index >= 15 is 0 Å². The number of sulfonamides is 1. The Morgan fingerprint density at radius 1 is 1.35 bits per heavy atom. The molecule has 0 aliphatic carbocycles. The van der Waals surface area contributed by atoms with Gasteiger partial charge in [-0.25, -0.2) is 8.42 Å². The second kappa shape index (κ2) is 5.86. The summed E-state index contributed by atoms with van der Waals surface area (Å²) in [6.45, 7) is 0.579. The summed E-state index contributed by atoms with van der Waals surface area (Å²) in [6.07, 6.45) is 2.36. The molecule has 2 N–H and O–H groups in total. The second-order valence-electron chi connectivity index (χ2n) is 4.73. The first-order valence-electron chi connectivity index (χ1n) is 6.44. The van der Waals surface area contributed by atoms with Crippen LogP contribution in [-0.4, -0.2) is 36.8 Å². The number of nitro benzene ring substituents is 1. The second-order valence-corrected chi connectivity index (χ2v) is 6.58. The van der Waals surface area contributed by atoms with Crippen LogP contribution >= 0.6 is 0 Å². The molecule has 1 fully saturated rings. The number of nitrogens with two attached hydrogens (primary N) is 1. The van der Waals surface area contributed by atoms with Crippen LogP contribution < -0.4 is 5.73 Å². The number of rotatable bonds is 4. The van der Waals surface area contributed by atoms with Gasteiger partial charge in [-0.05, 0) is 18.9 Å². The van der Waals surface area contributed by atoms with Crippen LogP contribution in [0.3, 0.4) is 0 Å². The highest BCUT2D eigenvalue weighted by Crippen LogP contribution is 2.30. The lowest BCUT2D eigenvalue weighted by Crippen LogP contribution is -2.47. The Balaban J connectivity index is 2.47. The predicted molar refractivity (Wildman–Crippen MR) is 73.7 cm³/mol. The van der Waals surface area contributed by atoms with Crippen LogP contribution in [-0.2, 0) is 10.0 Å². The van der Waals surface area contributed by atoms with Crippen LogP contribution in [0.15, 0.2) is 29.2 Å². The molecule has 0 bridgehead atoms. The minimum Gasteiger partial charge on any atom is -0.329 e. The molecule has 0 saturated carbocycles. The quantitative estimate of drug-likeness (QED) is 0.661. The van der Waals surface area contributed by atoms with E-state index in [-0.39, 0.29) is 17.5 Å². The van der Waals surface area contributed by atoms with Gasteiger partial charge in [0.05, 0.1) is 4.92 Å². The fraction of sp³-hybridized carbons (Fsp3) is 0.500. The molecule has 0 radical (unpaired) electrons. The SMILES string of the molecule is NC[C@@H]1CCCCN1S(=O)(=O)c1ccccc1[N+](=O)[O-]. The van der Waals surface area contributed by atoms with Gasteiger partial charge in [-0.2, -0.15) is 4.31 Å². The molecule has 0 amide bonds. The maximum Gasteiger partial charge on any atom is 0.289 e. The molecule has 1 aromatic carbocycles. The third kappa shape index (κ3) is 2.67. The number of hydrogen-bond acceptors (Lipinski definition) is 5. The van der Waals surface area contributed by atoms with Crippen LogP contribution in [0.2, 0.25) is 0 Å². The molecular weight excluding hydrogens is 282 g/mol. The van der Waals surface area contributed by atoms with E-state index in [0.717, 1.165) is 12.8 Å². The van der Waals surface area contributed by atoms with E-state index in [2.05, 4.69) is 0 Å². The van der Waals surface area contributed by atoms with Crippen LogP contribution in [0.25, 0.3) is 0 Å². The van der Waals surface area contributed by atoms with Crippen LogP contribution in [0, 0.1) is 10.1 Å². The lowest BCUT2D eigenvalue weighted by Gasteiger charge is -2.33. The van der Waals surface area contributed by atoms with E-state index in [9.17, 15) is 18.5 Å². The van der Waals surface area contributed by atoms with Crippen molar-refractivity contribution in [2.45, 2.75) is 30.2 Å². The molecule has 1 heterocycles. The summed E-state index contributed by atoms with van der Waals surface area (Å²) in [5, 5.41) is 11.0. The zero-order valence-electron chi connectivity index (χ0n) is 10.9. The summed E-state index contributed by atoms with van der Waals surface area (Å²) < 4.78 is 26.6. The van der Waals surface area contributed by atoms with E-state index in [1.807, 2.05) is 0 Å². The zero-order chi connectivity index (χ0) is 14.8. The lowest BCUT2D eigenvalue weighted by molar-refractivity contribution is -0.387. The maximum absolute atomic E-state index is 12.6. The standard InChI is InChI=1S/C12H17N3O4S/c13-9-10-5-3-4-8-14(10)20(18,19)12-7-2-1-6-11(12)15(16)17/h1-2,6-7,10H,3-5,8-9,13H2/t10-/m0/s1. The summed E-state index contributed by atoms with van der Waals surface area (Å²) in [6, 6.07) is 5.13. The predicted octanol–water partition coefficient (Wildman–Crippen LogP) is 1.10. The van der Waals surface area contributed by atoms with E-state index in [1.165, 1.54) is 28.6 Å². The van der Waals surface area contributed by atoms with Gasteiger partial charge in [0.1, 0.15) is 0 Å². The van der Waals surface area contributed by atoms with Gasteiger partial charge in [0.25, 0.3) is 5.69 Å². The minimum atomic E-state index is -3.89. The Hall–Kier alpha value is -1.51. The Morgan fingerprint density at radius 3 is 2.70 bits per heavy atom. The number of piperidine rings is 1. The topological polar surface area (TPSA) is 107 Å². The van der Waals surface area contributed by atoms with Gasteiger partial charge in [-0.15, -0.1) is 0 Å². The molecule has 1 saturated heterocycles. The first-order chi connectivity index (χ1) is 9.48. The van der Waals surface area contributed by atoms with Gasteiger partial charge in [0.2, 0.25) is 10.0 Å². The molecule has 0 spiro atoms. The molecule has 0 aromatic heterocycles. The Bertz CT molecular complexity index is 602. The molecule has 0 unspecified atom stereocenters. The van der Waals surface area contributed by atoms with Crippen LogP contribution in [0.5, 0.6) is 0 Å². The first-order valence-corrected chi connectivity index (χ1v) is 7.88. The summed E-state index contributed by atoms with van der Waals surface area (Å²) in [5.74, 6) is 0. The lowest BCUT2D eigenvalue weighted by atomic mass is 10.1. The van der Waals surface area contributed by atoms with Gasteiger partial charge in [0.15, 0.2) is 4.90 Å². The summed E-state index contributed by atoms with van der Waals surface area (Å²) in [5.41, 5.74) is 5.23. The number of nitro groups is 1. The van der Waals surface area contributed by atoms with Gasteiger partial charge in [0, 0.05) is 25.2 Å². The molecule has 7 nitrogen and oxygen atoms in total. The highest BCUT2D eigenvalue weighted by molar-refractivity contribution is 7.89. The van der Waals surface area contributed by atoms with Gasteiger partial charge < -0.3 is 5.73 Å². The average Bonchev–Trinajstić information content (AvgIpc) is 2.47. The van der Waals surface area contributed by atoms with E-state index in [0.29, 0.717) is 13.0 Å². The fourth-order valence-corrected chi connectivity index (χ4v) is 4.34. The number of nitrogens with zero attached hydrogens (tertiary/aromatic N) is 2. The maximum atomic E-state index is 12.6. The molecule has 1 aromatic rings. The van der Waals surface area contributed by atoms with Crippen molar-refractivity contribution in [2.24, 2.45) is 5.73 Å². The highest BCUT2D eigenvalue weighted by atomic mass is 32.2. The number of benzene rings is 1. The van der Waals surface area contributed by atoms with Crippen molar-refractivity contribution in [3.05, 3.63) is 34.4 Å². The largest absolute Gasteiger partial charge is 0.329 e. The molecule has 2 rings (SSSR count). The molecule has 8 heteroatoms. The van der Waals surface area contributed by atoms with E-state index in [1.54, 1.807) is 0 Å². The molecule has 20 heavy (non-hydrogen) atoms. The summed E-state index contributed by atoms with van der Waals surface area (Å²) in [7, 11) is -3.89. The normalized spacial score (nSPS) is 20.8. The highest BCUT2D eigenvalue weighted by Gasteiger charge is 2.36. The fourth-order valence-electron chi connectivity index (χ4n) is 2.48. The van der Waals surface area contributed by atoms with Crippen molar-refractivity contribution in [1.82, 2.24) is 4.31 Å².